The molecule has 0 saturated heterocycles. The van der Waals surface area contributed by atoms with Gasteiger partial charge in [-0.3, -0.25) is 8.61 Å². The number of aromatic nitrogens is 4. The van der Waals surface area contributed by atoms with E-state index >= 15 is 0 Å². The van der Waals surface area contributed by atoms with E-state index in [1.54, 1.807) is 29.4 Å². The highest BCUT2D eigenvalue weighted by Crippen LogP contribution is 2.10. The molecule has 17 heavy (non-hydrogen) atoms. The van der Waals surface area contributed by atoms with Crippen LogP contribution in [0, 0.1) is 0 Å². The van der Waals surface area contributed by atoms with Crippen molar-refractivity contribution in [3.8, 4) is 0 Å². The molecule has 0 radical (unpaired) electrons. The summed E-state index contributed by atoms with van der Waals surface area (Å²) >= 11 is 0. The average Bonchev–Trinajstić information content (AvgIpc) is 2.77. The molecule has 0 amide bonds. The Bertz CT molecular complexity index is 526. The van der Waals surface area contributed by atoms with Gasteiger partial charge in [0.2, 0.25) is 5.65 Å². The molecule has 0 aliphatic carbocycles. The first-order valence-electron chi connectivity index (χ1n) is 5.39. The molecule has 0 aliphatic heterocycles. The lowest BCUT2D eigenvalue weighted by Gasteiger charge is -2.09. The van der Waals surface area contributed by atoms with Gasteiger partial charge in [-0.1, -0.05) is 6.92 Å². The molecule has 0 saturated carbocycles. The molecular weight excluding hydrogens is 238 g/mol. The predicted octanol–water partition coefficient (Wildman–Crippen LogP) is 0.693. The lowest BCUT2D eigenvalue weighted by molar-refractivity contribution is 0.672. The second-order valence-corrected chi connectivity index (χ2v) is 5.66. The average molecular weight is 253 g/mol. The van der Waals surface area contributed by atoms with Gasteiger partial charge in [-0.15, -0.1) is 10.2 Å². The summed E-state index contributed by atoms with van der Waals surface area (Å²) < 4.78 is 13.0. The van der Waals surface area contributed by atoms with Crippen LogP contribution in [0.15, 0.2) is 18.7 Å². The van der Waals surface area contributed by atoms with Crippen LogP contribution in [0.4, 0.5) is 5.82 Å². The highest BCUT2D eigenvalue weighted by Gasteiger charge is 2.07. The fourth-order valence-corrected chi connectivity index (χ4v) is 1.89. The Morgan fingerprint density at radius 2 is 2.41 bits per heavy atom. The van der Waals surface area contributed by atoms with Crippen molar-refractivity contribution < 1.29 is 4.21 Å². The molecule has 0 fully saturated rings. The summed E-state index contributed by atoms with van der Waals surface area (Å²) in [5.74, 6) is 0.707. The molecule has 1 N–H and O–H groups in total. The van der Waals surface area contributed by atoms with Crippen molar-refractivity contribution in [1.82, 2.24) is 19.6 Å². The quantitative estimate of drug-likeness (QED) is 0.849. The Balaban J connectivity index is 1.99. The number of hydrogen-bond acceptors (Lipinski definition) is 5. The first-order valence-corrected chi connectivity index (χ1v) is 7.01. The van der Waals surface area contributed by atoms with E-state index in [1.807, 2.05) is 6.92 Å². The zero-order chi connectivity index (χ0) is 12.3. The fourth-order valence-electron chi connectivity index (χ4n) is 1.44. The van der Waals surface area contributed by atoms with Crippen molar-refractivity contribution >= 4 is 22.3 Å². The van der Waals surface area contributed by atoms with E-state index in [1.165, 1.54) is 0 Å². The van der Waals surface area contributed by atoms with E-state index in [2.05, 4.69) is 20.5 Å². The monoisotopic (exact) mass is 253 g/mol. The Kier molecular flexibility index (Phi) is 3.68. The summed E-state index contributed by atoms with van der Waals surface area (Å²) in [4.78, 5) is 4.21. The molecule has 0 aromatic carbocycles. The van der Waals surface area contributed by atoms with Gasteiger partial charge in [0.1, 0.15) is 6.33 Å². The molecule has 2 atom stereocenters. The number of fused-ring (bicyclic) bond motifs is 1. The SMILES string of the molecule is CC(CCNc1nccn2cnnc12)S(C)=O. The van der Waals surface area contributed by atoms with Gasteiger partial charge in [0.05, 0.1) is 0 Å². The third-order valence-corrected chi connectivity index (χ3v) is 3.99. The summed E-state index contributed by atoms with van der Waals surface area (Å²) in [7, 11) is -0.781. The summed E-state index contributed by atoms with van der Waals surface area (Å²) in [5.41, 5.74) is 0.706. The Morgan fingerprint density at radius 1 is 1.59 bits per heavy atom. The van der Waals surface area contributed by atoms with Gasteiger partial charge < -0.3 is 5.32 Å². The van der Waals surface area contributed by atoms with E-state index in [-0.39, 0.29) is 5.25 Å². The van der Waals surface area contributed by atoms with Crippen molar-refractivity contribution in [3.63, 3.8) is 0 Å². The molecule has 0 aliphatic rings. The van der Waals surface area contributed by atoms with E-state index in [0.717, 1.165) is 13.0 Å². The number of hydrogen-bond donors (Lipinski definition) is 1. The molecule has 0 bridgehead atoms. The van der Waals surface area contributed by atoms with E-state index in [9.17, 15) is 4.21 Å². The first-order chi connectivity index (χ1) is 8.18. The topological polar surface area (TPSA) is 72.2 Å². The van der Waals surface area contributed by atoms with Crippen LogP contribution in [0.5, 0.6) is 0 Å². The molecule has 2 rings (SSSR count). The maximum absolute atomic E-state index is 11.2. The first kappa shape index (κ1) is 12.0. The summed E-state index contributed by atoms with van der Waals surface area (Å²) in [6.07, 6.45) is 7.68. The van der Waals surface area contributed by atoms with Crippen LogP contribution in [0.2, 0.25) is 0 Å². The molecule has 6 nitrogen and oxygen atoms in total. The van der Waals surface area contributed by atoms with Crippen molar-refractivity contribution in [2.45, 2.75) is 18.6 Å². The van der Waals surface area contributed by atoms with Crippen molar-refractivity contribution in [2.75, 3.05) is 18.1 Å². The minimum Gasteiger partial charge on any atom is -0.367 e. The maximum atomic E-state index is 11.2. The molecule has 0 spiro atoms. The van der Waals surface area contributed by atoms with Crippen LogP contribution in [0.25, 0.3) is 5.65 Å². The number of anilines is 1. The second-order valence-electron chi connectivity index (χ2n) is 3.86. The number of nitrogens with one attached hydrogen (secondary N) is 1. The van der Waals surface area contributed by atoms with Crippen LogP contribution in [-0.2, 0) is 10.8 Å². The number of nitrogens with zero attached hydrogens (tertiary/aromatic N) is 4. The number of rotatable bonds is 5. The van der Waals surface area contributed by atoms with E-state index < -0.39 is 10.8 Å². The highest BCUT2D eigenvalue weighted by molar-refractivity contribution is 7.84. The van der Waals surface area contributed by atoms with Gasteiger partial charge in [0.15, 0.2) is 5.82 Å². The van der Waals surface area contributed by atoms with Crippen LogP contribution < -0.4 is 5.32 Å². The summed E-state index contributed by atoms with van der Waals surface area (Å²) in [5, 5.41) is 11.2. The zero-order valence-corrected chi connectivity index (χ0v) is 10.6. The van der Waals surface area contributed by atoms with Crippen LogP contribution in [0.3, 0.4) is 0 Å². The molecule has 2 aromatic heterocycles. The Hall–Kier alpha value is -1.50. The van der Waals surface area contributed by atoms with Crippen molar-refractivity contribution in [1.29, 1.82) is 0 Å². The third-order valence-electron chi connectivity index (χ3n) is 2.63. The van der Waals surface area contributed by atoms with Gasteiger partial charge in [-0.05, 0) is 6.42 Å². The lowest BCUT2D eigenvalue weighted by atomic mass is 10.3. The highest BCUT2D eigenvalue weighted by atomic mass is 32.2. The van der Waals surface area contributed by atoms with Crippen molar-refractivity contribution in [3.05, 3.63) is 18.7 Å². The zero-order valence-electron chi connectivity index (χ0n) is 9.83. The molecule has 7 heteroatoms. The molecule has 2 heterocycles. The van der Waals surface area contributed by atoms with E-state index in [0.29, 0.717) is 11.5 Å². The minimum atomic E-state index is -0.781. The standard InChI is InChI=1S/C10H15N5OS/c1-8(17(2)16)3-4-11-9-10-14-13-7-15(10)6-5-12-9/h5-8H,3-4H2,1-2H3,(H,11,12). The molecule has 2 aromatic rings. The van der Waals surface area contributed by atoms with Gasteiger partial charge in [0.25, 0.3) is 0 Å². The summed E-state index contributed by atoms with van der Waals surface area (Å²) in [6, 6.07) is 0. The second kappa shape index (κ2) is 5.22. The van der Waals surface area contributed by atoms with Gasteiger partial charge in [-0.2, -0.15) is 0 Å². The lowest BCUT2D eigenvalue weighted by Crippen LogP contribution is -2.15. The molecular formula is C10H15N5OS. The largest absolute Gasteiger partial charge is 0.367 e. The van der Waals surface area contributed by atoms with E-state index in [4.69, 9.17) is 0 Å². The van der Waals surface area contributed by atoms with Crippen LogP contribution in [0.1, 0.15) is 13.3 Å². The predicted molar refractivity (Wildman–Crippen MR) is 67.4 cm³/mol. The molecule has 92 valence electrons. The maximum Gasteiger partial charge on any atom is 0.203 e. The smallest absolute Gasteiger partial charge is 0.203 e. The van der Waals surface area contributed by atoms with Crippen molar-refractivity contribution in [2.24, 2.45) is 0 Å². The fraction of sp³-hybridized carbons (Fsp3) is 0.500. The molecule has 2 unspecified atom stereocenters. The van der Waals surface area contributed by atoms with Gasteiger partial charge >= 0.3 is 0 Å². The van der Waals surface area contributed by atoms with Gasteiger partial charge in [-0.25, -0.2) is 4.98 Å². The van der Waals surface area contributed by atoms with Crippen LogP contribution in [-0.4, -0.2) is 41.8 Å². The minimum absolute atomic E-state index is 0.181. The third kappa shape index (κ3) is 2.79. The van der Waals surface area contributed by atoms with Gasteiger partial charge in [0, 0.05) is 41.2 Å². The Labute approximate surface area is 102 Å². The summed E-state index contributed by atoms with van der Waals surface area (Å²) in [6.45, 7) is 2.70. The Morgan fingerprint density at radius 3 is 3.18 bits per heavy atom. The normalized spacial score (nSPS) is 14.7. The van der Waals surface area contributed by atoms with Crippen LogP contribution >= 0.6 is 0 Å².